The molecule has 138 valence electrons. The molecule has 3 aromatic heterocycles. The van der Waals surface area contributed by atoms with Gasteiger partial charge in [-0.1, -0.05) is 39.0 Å². The van der Waals surface area contributed by atoms with E-state index in [1.807, 2.05) is 57.2 Å². The number of aromatic nitrogens is 3. The molecule has 0 aliphatic heterocycles. The van der Waals surface area contributed by atoms with E-state index < -0.39 is 0 Å². The number of hydrogen-bond donors (Lipinski definition) is 0. The number of imidazole rings is 1. The van der Waals surface area contributed by atoms with E-state index in [4.69, 9.17) is 9.15 Å². The number of fused-ring (bicyclic) bond motifs is 2. The third-order valence-corrected chi connectivity index (χ3v) is 4.12. The van der Waals surface area contributed by atoms with Crippen LogP contribution in [0.15, 0.2) is 53.1 Å². The Kier molecular flexibility index (Phi) is 4.18. The topological polar surface area (TPSA) is 69.6 Å². The molecule has 0 saturated carbocycles. The van der Waals surface area contributed by atoms with Gasteiger partial charge < -0.3 is 9.15 Å². The highest BCUT2D eigenvalue weighted by molar-refractivity contribution is 5.82. The number of carbonyl (C=O) groups excluding carboxylic acids is 1. The van der Waals surface area contributed by atoms with E-state index in [0.29, 0.717) is 23.7 Å². The monoisotopic (exact) mass is 363 g/mol. The second-order valence-corrected chi connectivity index (χ2v) is 7.80. The van der Waals surface area contributed by atoms with Crippen molar-refractivity contribution >= 4 is 22.4 Å². The van der Waals surface area contributed by atoms with Crippen LogP contribution in [0.4, 0.5) is 0 Å². The second kappa shape index (κ2) is 6.54. The zero-order valence-corrected chi connectivity index (χ0v) is 15.6. The first-order valence-electron chi connectivity index (χ1n) is 8.87. The van der Waals surface area contributed by atoms with Gasteiger partial charge in [0.25, 0.3) is 0 Å². The van der Waals surface area contributed by atoms with Crippen LogP contribution in [0.5, 0.6) is 5.88 Å². The lowest BCUT2D eigenvalue weighted by molar-refractivity contribution is -0.122. The van der Waals surface area contributed by atoms with Gasteiger partial charge in [0.15, 0.2) is 17.2 Å². The van der Waals surface area contributed by atoms with Crippen LogP contribution in [0.2, 0.25) is 0 Å². The molecule has 0 unspecified atom stereocenters. The summed E-state index contributed by atoms with van der Waals surface area (Å²) in [5, 5.41) is 5.49. The standard InChI is InChI=1S/C21H21N3O3/c1-21(2,3)11-15(25)13-26-20-9-8-19-22-12-16(24(19)23-20)18-10-14-6-4-5-7-17(14)27-18/h4-10,12H,11,13H2,1-3H3. The molecular formula is C21H21N3O3. The molecule has 0 bridgehead atoms. The molecule has 0 aliphatic rings. The quantitative estimate of drug-likeness (QED) is 0.521. The van der Waals surface area contributed by atoms with E-state index in [-0.39, 0.29) is 17.8 Å². The Hall–Kier alpha value is -3.15. The molecule has 0 amide bonds. The van der Waals surface area contributed by atoms with Crippen LogP contribution in [-0.4, -0.2) is 27.0 Å². The normalized spacial score (nSPS) is 12.0. The minimum atomic E-state index is -0.0589. The number of rotatable bonds is 5. The molecule has 1 aromatic carbocycles. The summed E-state index contributed by atoms with van der Waals surface area (Å²) in [6.45, 7) is 6.09. The van der Waals surface area contributed by atoms with Crippen LogP contribution in [0, 0.1) is 5.41 Å². The lowest BCUT2D eigenvalue weighted by atomic mass is 9.90. The van der Waals surface area contributed by atoms with Crippen LogP contribution >= 0.6 is 0 Å². The number of para-hydroxylation sites is 1. The Labute approximate surface area is 156 Å². The molecule has 6 heteroatoms. The van der Waals surface area contributed by atoms with E-state index in [1.54, 1.807) is 16.8 Å². The summed E-state index contributed by atoms with van der Waals surface area (Å²) < 4.78 is 13.2. The van der Waals surface area contributed by atoms with E-state index in [1.165, 1.54) is 0 Å². The highest BCUT2D eigenvalue weighted by Gasteiger charge is 2.17. The van der Waals surface area contributed by atoms with E-state index in [9.17, 15) is 4.79 Å². The van der Waals surface area contributed by atoms with Crippen LogP contribution in [-0.2, 0) is 4.79 Å². The van der Waals surface area contributed by atoms with Crippen molar-refractivity contribution in [2.45, 2.75) is 27.2 Å². The third kappa shape index (κ3) is 3.69. The summed E-state index contributed by atoms with van der Waals surface area (Å²) in [7, 11) is 0. The van der Waals surface area contributed by atoms with Gasteiger partial charge in [-0.25, -0.2) is 9.50 Å². The number of Topliss-reactive ketones (excluding diaryl/α,β-unsaturated/α-hetero) is 1. The molecule has 0 fully saturated rings. The molecule has 27 heavy (non-hydrogen) atoms. The Bertz CT molecular complexity index is 1090. The number of nitrogens with zero attached hydrogens (tertiary/aromatic N) is 3. The first-order chi connectivity index (χ1) is 12.9. The Balaban J connectivity index is 1.60. The van der Waals surface area contributed by atoms with Gasteiger partial charge in [0.05, 0.1) is 6.20 Å². The highest BCUT2D eigenvalue weighted by atomic mass is 16.5. The fourth-order valence-electron chi connectivity index (χ4n) is 3.01. The lowest BCUT2D eigenvalue weighted by Gasteiger charge is -2.16. The van der Waals surface area contributed by atoms with E-state index in [0.717, 1.165) is 16.7 Å². The zero-order chi connectivity index (χ0) is 19.0. The summed E-state index contributed by atoms with van der Waals surface area (Å²) in [4.78, 5) is 16.4. The molecule has 3 heterocycles. The fraction of sp³-hybridized carbons (Fsp3) is 0.286. The van der Waals surface area contributed by atoms with Crippen molar-refractivity contribution in [3.8, 4) is 17.3 Å². The molecule has 0 saturated heterocycles. The Morgan fingerprint density at radius 3 is 2.78 bits per heavy atom. The molecule has 0 N–H and O–H groups in total. The Morgan fingerprint density at radius 2 is 2.00 bits per heavy atom. The average Bonchev–Trinajstić information content (AvgIpc) is 3.21. The van der Waals surface area contributed by atoms with Crippen molar-refractivity contribution in [2.75, 3.05) is 6.61 Å². The smallest absolute Gasteiger partial charge is 0.232 e. The molecule has 4 rings (SSSR count). The summed E-state index contributed by atoms with van der Waals surface area (Å²) in [6, 6.07) is 13.3. The lowest BCUT2D eigenvalue weighted by Crippen LogP contribution is -2.19. The molecule has 4 aromatic rings. The molecular weight excluding hydrogens is 342 g/mol. The van der Waals surface area contributed by atoms with E-state index in [2.05, 4.69) is 10.1 Å². The van der Waals surface area contributed by atoms with Gasteiger partial charge in [-0.05, 0) is 23.6 Å². The van der Waals surface area contributed by atoms with Crippen LogP contribution < -0.4 is 4.74 Å². The van der Waals surface area contributed by atoms with Crippen LogP contribution in [0.1, 0.15) is 27.2 Å². The van der Waals surface area contributed by atoms with Gasteiger partial charge in [-0.3, -0.25) is 4.79 Å². The molecule has 0 atom stereocenters. The largest absolute Gasteiger partial charge is 0.469 e. The second-order valence-electron chi connectivity index (χ2n) is 7.80. The van der Waals surface area contributed by atoms with Gasteiger partial charge >= 0.3 is 0 Å². The van der Waals surface area contributed by atoms with Crippen molar-refractivity contribution < 1.29 is 13.9 Å². The number of benzene rings is 1. The zero-order valence-electron chi connectivity index (χ0n) is 15.6. The molecule has 0 aliphatic carbocycles. The maximum absolute atomic E-state index is 12.0. The third-order valence-electron chi connectivity index (χ3n) is 4.12. The SMILES string of the molecule is CC(C)(C)CC(=O)COc1ccc2ncc(-c3cc4ccccc4o3)n2n1. The summed E-state index contributed by atoms with van der Waals surface area (Å²) in [6.07, 6.45) is 2.18. The first kappa shape index (κ1) is 17.3. The number of furan rings is 1. The number of carbonyl (C=O) groups is 1. The predicted octanol–water partition coefficient (Wildman–Crippen LogP) is 4.53. The van der Waals surface area contributed by atoms with Crippen molar-refractivity contribution in [3.05, 3.63) is 48.7 Å². The number of ketones is 1. The molecule has 6 nitrogen and oxygen atoms in total. The number of ether oxygens (including phenoxy) is 1. The molecule has 0 spiro atoms. The minimum Gasteiger partial charge on any atom is -0.469 e. The van der Waals surface area contributed by atoms with Crippen molar-refractivity contribution in [3.63, 3.8) is 0 Å². The van der Waals surface area contributed by atoms with Gasteiger partial charge in [-0.2, -0.15) is 0 Å². The van der Waals surface area contributed by atoms with E-state index >= 15 is 0 Å². The van der Waals surface area contributed by atoms with Crippen molar-refractivity contribution in [1.29, 1.82) is 0 Å². The fourth-order valence-corrected chi connectivity index (χ4v) is 3.01. The minimum absolute atomic E-state index is 0.00441. The van der Waals surface area contributed by atoms with Gasteiger partial charge in [0.1, 0.15) is 17.9 Å². The van der Waals surface area contributed by atoms with Gasteiger partial charge in [-0.15, -0.1) is 5.10 Å². The van der Waals surface area contributed by atoms with Crippen LogP contribution in [0.3, 0.4) is 0 Å². The van der Waals surface area contributed by atoms with Crippen molar-refractivity contribution in [1.82, 2.24) is 14.6 Å². The maximum atomic E-state index is 12.0. The first-order valence-corrected chi connectivity index (χ1v) is 8.87. The summed E-state index contributed by atoms with van der Waals surface area (Å²) in [5.41, 5.74) is 2.16. The van der Waals surface area contributed by atoms with Gasteiger partial charge in [0.2, 0.25) is 5.88 Å². The number of hydrogen-bond acceptors (Lipinski definition) is 5. The molecule has 0 radical (unpaired) electrons. The maximum Gasteiger partial charge on any atom is 0.232 e. The van der Waals surface area contributed by atoms with Crippen LogP contribution in [0.25, 0.3) is 28.1 Å². The highest BCUT2D eigenvalue weighted by Crippen LogP contribution is 2.28. The predicted molar refractivity (Wildman–Crippen MR) is 103 cm³/mol. The van der Waals surface area contributed by atoms with Crippen molar-refractivity contribution in [2.24, 2.45) is 5.41 Å². The summed E-state index contributed by atoms with van der Waals surface area (Å²) >= 11 is 0. The Morgan fingerprint density at radius 1 is 1.19 bits per heavy atom. The van der Waals surface area contributed by atoms with Gasteiger partial charge in [0, 0.05) is 17.9 Å². The average molecular weight is 363 g/mol. The summed E-state index contributed by atoms with van der Waals surface area (Å²) in [5.74, 6) is 1.10.